The van der Waals surface area contributed by atoms with E-state index in [0.29, 0.717) is 6.07 Å². The van der Waals surface area contributed by atoms with E-state index in [1.165, 1.54) is 0 Å². The minimum absolute atomic E-state index is 0.234. The zero-order valence-electron chi connectivity index (χ0n) is 8.58. The number of alkyl halides is 2. The lowest BCUT2D eigenvalue weighted by Gasteiger charge is -2.24. The molecule has 2 N–H and O–H groups in total. The highest BCUT2D eigenvalue weighted by molar-refractivity contribution is 5.39. The van der Waals surface area contributed by atoms with Crippen LogP contribution in [0.25, 0.3) is 0 Å². The first-order valence-electron chi connectivity index (χ1n) is 4.39. The maximum absolute atomic E-state index is 13.4. The van der Waals surface area contributed by atoms with Crippen molar-refractivity contribution in [2.75, 3.05) is 0 Å². The SMILES string of the molecule is CC(N)(c1cc(F)c([N+](=O)[O-])cc1F)C(F)F. The molecule has 1 aromatic carbocycles. The van der Waals surface area contributed by atoms with Gasteiger partial charge in [-0.3, -0.25) is 10.1 Å². The van der Waals surface area contributed by atoms with Crippen LogP contribution in [0.2, 0.25) is 0 Å². The van der Waals surface area contributed by atoms with E-state index >= 15 is 0 Å². The van der Waals surface area contributed by atoms with E-state index in [1.54, 1.807) is 0 Å². The van der Waals surface area contributed by atoms with Gasteiger partial charge in [0.25, 0.3) is 6.43 Å². The summed E-state index contributed by atoms with van der Waals surface area (Å²) < 4.78 is 51.6. The van der Waals surface area contributed by atoms with Gasteiger partial charge in [0.2, 0.25) is 5.82 Å². The number of halogens is 4. The number of benzene rings is 1. The molecule has 0 saturated carbocycles. The molecule has 4 nitrogen and oxygen atoms in total. The van der Waals surface area contributed by atoms with Crippen LogP contribution in [0.1, 0.15) is 12.5 Å². The first-order valence-corrected chi connectivity index (χ1v) is 4.39. The monoisotopic (exact) mass is 252 g/mol. The van der Waals surface area contributed by atoms with Crippen molar-refractivity contribution in [3.8, 4) is 0 Å². The lowest BCUT2D eigenvalue weighted by atomic mass is 9.93. The highest BCUT2D eigenvalue weighted by atomic mass is 19.3. The number of rotatable bonds is 3. The van der Waals surface area contributed by atoms with Crippen molar-refractivity contribution in [1.29, 1.82) is 0 Å². The van der Waals surface area contributed by atoms with Crippen LogP contribution in [0.15, 0.2) is 12.1 Å². The highest BCUT2D eigenvalue weighted by Gasteiger charge is 2.36. The maximum Gasteiger partial charge on any atom is 0.307 e. The number of nitro benzene ring substituents is 1. The summed E-state index contributed by atoms with van der Waals surface area (Å²) in [6.45, 7) is 0.807. The van der Waals surface area contributed by atoms with Crippen LogP contribution >= 0.6 is 0 Å². The fraction of sp³-hybridized carbons (Fsp3) is 0.333. The maximum atomic E-state index is 13.4. The third-order valence-corrected chi connectivity index (χ3v) is 2.27. The predicted octanol–water partition coefficient (Wildman–Crippen LogP) is 2.31. The van der Waals surface area contributed by atoms with Crippen LogP contribution in [-0.4, -0.2) is 11.3 Å². The van der Waals surface area contributed by atoms with E-state index in [-0.39, 0.29) is 6.07 Å². The molecule has 0 aromatic heterocycles. The van der Waals surface area contributed by atoms with Gasteiger partial charge in [-0.2, -0.15) is 4.39 Å². The van der Waals surface area contributed by atoms with Gasteiger partial charge in [0.1, 0.15) is 11.4 Å². The fourth-order valence-electron chi connectivity index (χ4n) is 1.21. The number of nitrogens with two attached hydrogens (primary N) is 1. The number of nitro groups is 1. The van der Waals surface area contributed by atoms with Crippen molar-refractivity contribution in [3.05, 3.63) is 39.4 Å². The molecule has 0 saturated heterocycles. The summed E-state index contributed by atoms with van der Waals surface area (Å²) >= 11 is 0. The van der Waals surface area contributed by atoms with Crippen LogP contribution in [-0.2, 0) is 5.54 Å². The van der Waals surface area contributed by atoms with Crippen molar-refractivity contribution >= 4 is 5.69 Å². The molecule has 1 aromatic rings. The molecule has 0 fully saturated rings. The molecule has 1 atom stereocenters. The third kappa shape index (κ3) is 2.36. The summed E-state index contributed by atoms with van der Waals surface area (Å²) in [5.41, 5.74) is 0.796. The van der Waals surface area contributed by atoms with Crippen molar-refractivity contribution in [2.45, 2.75) is 18.9 Å². The Kier molecular flexibility index (Phi) is 3.37. The summed E-state index contributed by atoms with van der Waals surface area (Å²) in [4.78, 5) is 9.13. The Hall–Kier alpha value is -1.70. The zero-order chi connectivity index (χ0) is 13.4. The molecule has 0 amide bonds. The average molecular weight is 252 g/mol. The van der Waals surface area contributed by atoms with E-state index in [1.807, 2.05) is 0 Å². The summed E-state index contributed by atoms with van der Waals surface area (Å²) in [5, 5.41) is 10.3. The van der Waals surface area contributed by atoms with Crippen LogP contribution in [0, 0.1) is 21.7 Å². The van der Waals surface area contributed by atoms with Gasteiger partial charge in [-0.1, -0.05) is 0 Å². The summed E-state index contributed by atoms with van der Waals surface area (Å²) in [5.74, 6) is -2.76. The Morgan fingerprint density at radius 3 is 2.29 bits per heavy atom. The molecule has 17 heavy (non-hydrogen) atoms. The highest BCUT2D eigenvalue weighted by Crippen LogP contribution is 2.31. The molecule has 0 spiro atoms. The molecule has 0 radical (unpaired) electrons. The van der Waals surface area contributed by atoms with Gasteiger partial charge in [-0.25, -0.2) is 13.2 Å². The van der Waals surface area contributed by atoms with Crippen molar-refractivity contribution in [1.82, 2.24) is 0 Å². The molecule has 0 aliphatic carbocycles. The average Bonchev–Trinajstić information content (AvgIpc) is 2.20. The van der Waals surface area contributed by atoms with Crippen molar-refractivity contribution in [2.24, 2.45) is 5.73 Å². The minimum atomic E-state index is -3.14. The summed E-state index contributed by atoms with van der Waals surface area (Å²) in [7, 11) is 0. The molecule has 1 rings (SSSR count). The molecule has 0 heterocycles. The Labute approximate surface area is 93.2 Å². The minimum Gasteiger partial charge on any atom is -0.317 e. The quantitative estimate of drug-likeness (QED) is 0.509. The van der Waals surface area contributed by atoms with Crippen molar-refractivity contribution < 1.29 is 22.5 Å². The molecule has 1 unspecified atom stereocenters. The first kappa shape index (κ1) is 13.4. The fourth-order valence-corrected chi connectivity index (χ4v) is 1.21. The van der Waals surface area contributed by atoms with Gasteiger partial charge in [0.15, 0.2) is 0 Å². The number of hydrogen-bond donors (Lipinski definition) is 1. The van der Waals surface area contributed by atoms with Gasteiger partial charge in [0, 0.05) is 5.56 Å². The molecule has 0 aliphatic heterocycles. The van der Waals surface area contributed by atoms with E-state index in [0.717, 1.165) is 6.92 Å². The molecule has 0 aliphatic rings. The second-order valence-electron chi connectivity index (χ2n) is 3.62. The van der Waals surface area contributed by atoms with E-state index in [2.05, 4.69) is 0 Å². The lowest BCUT2D eigenvalue weighted by molar-refractivity contribution is -0.387. The van der Waals surface area contributed by atoms with Gasteiger partial charge >= 0.3 is 5.69 Å². The lowest BCUT2D eigenvalue weighted by Crippen LogP contribution is -2.41. The third-order valence-electron chi connectivity index (χ3n) is 2.27. The summed E-state index contributed by atoms with van der Waals surface area (Å²) in [6.07, 6.45) is -3.14. The number of hydrogen-bond acceptors (Lipinski definition) is 3. The predicted molar refractivity (Wildman–Crippen MR) is 50.6 cm³/mol. The smallest absolute Gasteiger partial charge is 0.307 e. The van der Waals surface area contributed by atoms with E-state index < -0.39 is 39.8 Å². The molecule has 0 bridgehead atoms. The standard InChI is InChI=1S/C9H8F4N2O2/c1-9(14,8(12)13)4-2-6(11)7(15(16)17)3-5(4)10/h2-3,8H,14H2,1H3. The van der Waals surface area contributed by atoms with Gasteiger partial charge in [-0.15, -0.1) is 0 Å². The van der Waals surface area contributed by atoms with Crippen LogP contribution in [0.5, 0.6) is 0 Å². The molecule has 8 heteroatoms. The normalized spacial score (nSPS) is 14.8. The van der Waals surface area contributed by atoms with Gasteiger partial charge in [-0.05, 0) is 13.0 Å². The first-order chi connectivity index (χ1) is 7.67. The Morgan fingerprint density at radius 2 is 1.88 bits per heavy atom. The summed E-state index contributed by atoms with van der Waals surface area (Å²) in [6, 6.07) is 0.553. The topological polar surface area (TPSA) is 69.2 Å². The van der Waals surface area contributed by atoms with Crippen LogP contribution in [0.4, 0.5) is 23.2 Å². The van der Waals surface area contributed by atoms with Gasteiger partial charge in [0.05, 0.1) is 11.0 Å². The Bertz CT molecular complexity index is 463. The second kappa shape index (κ2) is 4.28. The second-order valence-corrected chi connectivity index (χ2v) is 3.62. The van der Waals surface area contributed by atoms with Crippen molar-refractivity contribution in [3.63, 3.8) is 0 Å². The van der Waals surface area contributed by atoms with Gasteiger partial charge < -0.3 is 5.73 Å². The van der Waals surface area contributed by atoms with E-state index in [9.17, 15) is 27.7 Å². The Balaban J connectivity index is 3.39. The Morgan fingerprint density at radius 1 is 1.35 bits per heavy atom. The molecule has 94 valence electrons. The molecular weight excluding hydrogens is 244 g/mol. The largest absolute Gasteiger partial charge is 0.317 e. The number of nitrogens with zero attached hydrogens (tertiary/aromatic N) is 1. The van der Waals surface area contributed by atoms with Crippen LogP contribution < -0.4 is 5.73 Å². The van der Waals surface area contributed by atoms with E-state index in [4.69, 9.17) is 5.73 Å². The molecular formula is C9H8F4N2O2. The van der Waals surface area contributed by atoms with Crippen LogP contribution in [0.3, 0.4) is 0 Å². The zero-order valence-corrected chi connectivity index (χ0v) is 8.58.